The molecule has 0 atom stereocenters. The van der Waals surface area contributed by atoms with Gasteiger partial charge >= 0.3 is 6.03 Å². The number of benzene rings is 1. The van der Waals surface area contributed by atoms with Crippen LogP contribution in [0.1, 0.15) is 33.1 Å². The summed E-state index contributed by atoms with van der Waals surface area (Å²) < 4.78 is 24.7. The predicted octanol–water partition coefficient (Wildman–Crippen LogP) is 3.10. The first-order chi connectivity index (χ1) is 10.4. The molecule has 0 bridgehead atoms. The molecule has 0 aliphatic carbocycles. The lowest BCUT2D eigenvalue weighted by Gasteiger charge is -2.22. The molecule has 0 aliphatic rings. The lowest BCUT2D eigenvalue weighted by Crippen LogP contribution is -2.36. The van der Waals surface area contributed by atoms with Gasteiger partial charge in [-0.3, -0.25) is 4.72 Å². The van der Waals surface area contributed by atoms with Crippen molar-refractivity contribution in [1.82, 2.24) is 4.90 Å². The van der Waals surface area contributed by atoms with Gasteiger partial charge in [0.1, 0.15) is 0 Å². The summed E-state index contributed by atoms with van der Waals surface area (Å²) in [6.45, 7) is 5.59. The van der Waals surface area contributed by atoms with Crippen molar-refractivity contribution < 1.29 is 13.2 Å². The topological polar surface area (TPSA) is 78.5 Å². The Labute approximate surface area is 132 Å². The molecule has 1 aromatic rings. The Morgan fingerprint density at radius 2 is 1.64 bits per heavy atom. The van der Waals surface area contributed by atoms with Crippen molar-refractivity contribution in [3.05, 3.63) is 24.3 Å². The molecule has 124 valence electrons. The molecule has 1 rings (SSSR count). The van der Waals surface area contributed by atoms with E-state index in [-0.39, 0.29) is 6.03 Å². The minimum atomic E-state index is -3.29. The molecule has 6 nitrogen and oxygen atoms in total. The van der Waals surface area contributed by atoms with E-state index in [9.17, 15) is 13.2 Å². The van der Waals surface area contributed by atoms with Gasteiger partial charge in [-0.05, 0) is 37.1 Å². The molecule has 1 aromatic carbocycles. The van der Waals surface area contributed by atoms with Crippen LogP contribution in [0.15, 0.2) is 24.3 Å². The number of carbonyl (C=O) groups excluding carboxylic acids is 1. The highest BCUT2D eigenvalue weighted by Crippen LogP contribution is 2.15. The minimum Gasteiger partial charge on any atom is -0.325 e. The number of nitrogens with zero attached hydrogens (tertiary/aromatic N) is 1. The normalized spacial score (nSPS) is 11.0. The summed E-state index contributed by atoms with van der Waals surface area (Å²) in [5, 5.41) is 2.84. The average Bonchev–Trinajstić information content (AvgIpc) is 2.44. The van der Waals surface area contributed by atoms with Crippen LogP contribution in [0.2, 0.25) is 0 Å². The number of hydrogen-bond donors (Lipinski definition) is 2. The van der Waals surface area contributed by atoms with E-state index in [4.69, 9.17) is 0 Å². The van der Waals surface area contributed by atoms with Gasteiger partial charge in [-0.25, -0.2) is 13.2 Å². The van der Waals surface area contributed by atoms with Crippen LogP contribution >= 0.6 is 0 Å². The van der Waals surface area contributed by atoms with E-state index in [0.29, 0.717) is 11.4 Å². The quantitative estimate of drug-likeness (QED) is 0.770. The SMILES string of the molecule is CCCCN(CCC)C(=O)Nc1ccc(NS(C)(=O)=O)cc1. The second kappa shape index (κ2) is 8.63. The molecule has 7 heteroatoms. The van der Waals surface area contributed by atoms with Gasteiger partial charge in [0, 0.05) is 24.5 Å². The number of rotatable bonds is 8. The predicted molar refractivity (Wildman–Crippen MR) is 90.7 cm³/mol. The largest absolute Gasteiger partial charge is 0.325 e. The van der Waals surface area contributed by atoms with Crippen LogP contribution in [0, 0.1) is 0 Å². The third-order valence-electron chi connectivity index (χ3n) is 3.00. The van der Waals surface area contributed by atoms with Crippen LogP contribution in [-0.4, -0.2) is 38.7 Å². The molecule has 22 heavy (non-hydrogen) atoms. The lowest BCUT2D eigenvalue weighted by molar-refractivity contribution is 0.211. The van der Waals surface area contributed by atoms with Crippen molar-refractivity contribution in [3.8, 4) is 0 Å². The number of sulfonamides is 1. The maximum atomic E-state index is 12.2. The number of amides is 2. The van der Waals surface area contributed by atoms with Gasteiger partial charge in [0.05, 0.1) is 6.26 Å². The van der Waals surface area contributed by atoms with Crippen molar-refractivity contribution in [3.63, 3.8) is 0 Å². The summed E-state index contributed by atoms with van der Waals surface area (Å²) in [4.78, 5) is 14.0. The Kier molecular flexibility index (Phi) is 7.17. The molecule has 0 fully saturated rings. The van der Waals surface area contributed by atoms with Gasteiger partial charge in [-0.15, -0.1) is 0 Å². The molecular formula is C15H25N3O3S. The highest BCUT2D eigenvalue weighted by molar-refractivity contribution is 7.92. The van der Waals surface area contributed by atoms with Crippen molar-refractivity contribution in [2.24, 2.45) is 0 Å². The summed E-state index contributed by atoms with van der Waals surface area (Å²) in [7, 11) is -3.29. The highest BCUT2D eigenvalue weighted by atomic mass is 32.2. The summed E-state index contributed by atoms with van der Waals surface area (Å²) in [6, 6.07) is 6.46. The van der Waals surface area contributed by atoms with Crippen molar-refractivity contribution in [1.29, 1.82) is 0 Å². The van der Waals surface area contributed by atoms with Gasteiger partial charge in [0.2, 0.25) is 10.0 Å². The first-order valence-corrected chi connectivity index (χ1v) is 9.38. The highest BCUT2D eigenvalue weighted by Gasteiger charge is 2.12. The van der Waals surface area contributed by atoms with Crippen LogP contribution in [0.25, 0.3) is 0 Å². The molecule has 2 N–H and O–H groups in total. The van der Waals surface area contributed by atoms with Gasteiger partial charge < -0.3 is 10.2 Å². The number of urea groups is 1. The third kappa shape index (κ3) is 6.80. The fourth-order valence-electron chi connectivity index (χ4n) is 1.97. The van der Waals surface area contributed by atoms with E-state index in [2.05, 4.69) is 17.0 Å². The van der Waals surface area contributed by atoms with Gasteiger partial charge in [-0.1, -0.05) is 20.3 Å². The summed E-state index contributed by atoms with van der Waals surface area (Å²) in [6.07, 6.45) is 4.03. The van der Waals surface area contributed by atoms with Crippen molar-refractivity contribution in [2.75, 3.05) is 29.4 Å². The fraction of sp³-hybridized carbons (Fsp3) is 0.533. The number of anilines is 2. The number of unbranched alkanes of at least 4 members (excludes halogenated alkanes) is 1. The molecule has 0 saturated carbocycles. The monoisotopic (exact) mass is 327 g/mol. The third-order valence-corrected chi connectivity index (χ3v) is 3.61. The van der Waals surface area contributed by atoms with Crippen LogP contribution < -0.4 is 10.0 Å². The fourth-order valence-corrected chi connectivity index (χ4v) is 2.54. The Bertz CT molecular complexity index is 570. The van der Waals surface area contributed by atoms with E-state index in [1.165, 1.54) is 0 Å². The van der Waals surface area contributed by atoms with Crippen LogP contribution in [0.5, 0.6) is 0 Å². The van der Waals surface area contributed by atoms with E-state index >= 15 is 0 Å². The van der Waals surface area contributed by atoms with Crippen molar-refractivity contribution >= 4 is 27.4 Å². The standard InChI is InChI=1S/C15H25N3O3S/c1-4-6-12-18(11-5-2)15(19)16-13-7-9-14(10-8-13)17-22(3,20)21/h7-10,17H,4-6,11-12H2,1-3H3,(H,16,19). The average molecular weight is 327 g/mol. The number of nitrogens with one attached hydrogen (secondary N) is 2. The zero-order chi connectivity index (χ0) is 16.6. The van der Waals surface area contributed by atoms with Gasteiger partial charge in [0.25, 0.3) is 0 Å². The molecule has 0 saturated heterocycles. The number of carbonyl (C=O) groups is 1. The van der Waals surface area contributed by atoms with E-state index in [1.807, 2.05) is 6.92 Å². The van der Waals surface area contributed by atoms with E-state index in [0.717, 1.165) is 38.6 Å². The summed E-state index contributed by atoms with van der Waals surface area (Å²) in [5.74, 6) is 0. The maximum absolute atomic E-state index is 12.2. The molecule has 0 unspecified atom stereocenters. The molecule has 0 aliphatic heterocycles. The second-order valence-electron chi connectivity index (χ2n) is 5.22. The molecule has 0 radical (unpaired) electrons. The smallest absolute Gasteiger partial charge is 0.321 e. The zero-order valence-electron chi connectivity index (χ0n) is 13.4. The lowest BCUT2D eigenvalue weighted by atomic mass is 10.3. The van der Waals surface area contributed by atoms with Crippen LogP contribution in [0.4, 0.5) is 16.2 Å². The molecule has 0 heterocycles. The van der Waals surface area contributed by atoms with Gasteiger partial charge in [-0.2, -0.15) is 0 Å². The molecular weight excluding hydrogens is 302 g/mol. The van der Waals surface area contributed by atoms with Gasteiger partial charge in [0.15, 0.2) is 0 Å². The van der Waals surface area contributed by atoms with E-state index < -0.39 is 10.0 Å². The first kappa shape index (κ1) is 18.3. The Morgan fingerprint density at radius 1 is 1.05 bits per heavy atom. The molecule has 2 amide bonds. The summed E-state index contributed by atoms with van der Waals surface area (Å²) >= 11 is 0. The molecule has 0 aromatic heterocycles. The maximum Gasteiger partial charge on any atom is 0.321 e. The zero-order valence-corrected chi connectivity index (χ0v) is 14.2. The van der Waals surface area contributed by atoms with Crippen molar-refractivity contribution in [2.45, 2.75) is 33.1 Å². The minimum absolute atomic E-state index is 0.126. The molecule has 0 spiro atoms. The van der Waals surface area contributed by atoms with E-state index in [1.54, 1.807) is 29.2 Å². The number of hydrogen-bond acceptors (Lipinski definition) is 3. The second-order valence-corrected chi connectivity index (χ2v) is 6.97. The summed E-state index contributed by atoms with van der Waals surface area (Å²) in [5.41, 5.74) is 1.11. The Balaban J connectivity index is 2.66. The Hall–Kier alpha value is -1.76. The van der Waals surface area contributed by atoms with Crippen LogP contribution in [0.3, 0.4) is 0 Å². The first-order valence-electron chi connectivity index (χ1n) is 7.49. The van der Waals surface area contributed by atoms with Crippen LogP contribution in [-0.2, 0) is 10.0 Å². The Morgan fingerprint density at radius 3 is 2.14 bits per heavy atom.